The molecule has 3 rings (SSSR count). The van der Waals surface area contributed by atoms with Crippen LogP contribution in [0.5, 0.6) is 0 Å². The van der Waals surface area contributed by atoms with Gasteiger partial charge >= 0.3 is 11.7 Å². The third kappa shape index (κ3) is 4.22. The van der Waals surface area contributed by atoms with Crippen LogP contribution in [0, 0.1) is 0 Å². The first kappa shape index (κ1) is 18.4. The zero-order valence-corrected chi connectivity index (χ0v) is 15.1. The number of likely N-dealkylation sites (N-methyl/N-ethyl adjacent to an activating group) is 1. The Balaban J connectivity index is 1.57. The number of nitrogens with one attached hydrogen (secondary N) is 1. The number of carbonyl (C=O) groups excluding carboxylic acids is 2. The number of esters is 1. The van der Waals surface area contributed by atoms with Gasteiger partial charge in [-0.2, -0.15) is 5.10 Å². The van der Waals surface area contributed by atoms with Crippen LogP contribution in [0.2, 0.25) is 0 Å². The maximum absolute atomic E-state index is 12.2. The standard InChI is InChI=1S/C19H20N4O4/c1-3-13-4-6-14(7-5-13)10-22(2)17(24)12-27-18(25)15-8-9-16-20-21-19(26)23(16)11-15/h4-9,11H,3,10,12H2,1-2H3,(H,21,26). The minimum atomic E-state index is -0.681. The summed E-state index contributed by atoms with van der Waals surface area (Å²) in [6, 6.07) is 11.0. The highest BCUT2D eigenvalue weighted by Gasteiger charge is 2.15. The number of benzene rings is 1. The van der Waals surface area contributed by atoms with Crippen molar-refractivity contribution in [3.05, 3.63) is 69.8 Å². The van der Waals surface area contributed by atoms with E-state index in [1.54, 1.807) is 7.05 Å². The summed E-state index contributed by atoms with van der Waals surface area (Å²) in [5, 5.41) is 6.06. The fourth-order valence-electron chi connectivity index (χ4n) is 2.59. The number of aryl methyl sites for hydroxylation is 1. The highest BCUT2D eigenvalue weighted by Crippen LogP contribution is 2.08. The van der Waals surface area contributed by atoms with Gasteiger partial charge in [-0.3, -0.25) is 4.79 Å². The Hall–Kier alpha value is -3.42. The molecule has 0 fully saturated rings. The summed E-state index contributed by atoms with van der Waals surface area (Å²) in [5.74, 6) is -0.997. The van der Waals surface area contributed by atoms with Crippen LogP contribution in [0.15, 0.2) is 47.4 Å². The van der Waals surface area contributed by atoms with E-state index in [2.05, 4.69) is 17.1 Å². The van der Waals surface area contributed by atoms with Crippen molar-refractivity contribution in [1.29, 1.82) is 0 Å². The Morgan fingerprint density at radius 3 is 2.56 bits per heavy atom. The lowest BCUT2D eigenvalue weighted by atomic mass is 10.1. The van der Waals surface area contributed by atoms with Gasteiger partial charge in [-0.05, 0) is 29.7 Å². The maximum atomic E-state index is 12.2. The third-order valence-electron chi connectivity index (χ3n) is 4.25. The molecule has 2 heterocycles. The summed E-state index contributed by atoms with van der Waals surface area (Å²) >= 11 is 0. The molecule has 8 heteroatoms. The number of ether oxygens (including phenoxy) is 1. The summed E-state index contributed by atoms with van der Waals surface area (Å²) < 4.78 is 6.27. The van der Waals surface area contributed by atoms with Crippen molar-refractivity contribution >= 4 is 17.5 Å². The molecule has 0 radical (unpaired) electrons. The summed E-state index contributed by atoms with van der Waals surface area (Å²) in [6.45, 7) is 2.14. The van der Waals surface area contributed by atoms with Crippen LogP contribution in [0.25, 0.3) is 5.65 Å². The largest absolute Gasteiger partial charge is 0.452 e. The van der Waals surface area contributed by atoms with Crippen molar-refractivity contribution in [2.24, 2.45) is 0 Å². The van der Waals surface area contributed by atoms with Gasteiger partial charge in [0, 0.05) is 19.8 Å². The number of aromatic amines is 1. The Labute approximate surface area is 155 Å². The van der Waals surface area contributed by atoms with Gasteiger partial charge in [-0.15, -0.1) is 0 Å². The van der Waals surface area contributed by atoms with E-state index in [9.17, 15) is 14.4 Å². The predicted octanol–water partition coefficient (Wildman–Crippen LogP) is 1.40. The van der Waals surface area contributed by atoms with Gasteiger partial charge in [0.25, 0.3) is 5.91 Å². The number of pyridine rings is 1. The van der Waals surface area contributed by atoms with E-state index < -0.39 is 11.7 Å². The molecule has 0 bridgehead atoms. The van der Waals surface area contributed by atoms with Crippen molar-refractivity contribution in [3.63, 3.8) is 0 Å². The number of hydrogen-bond acceptors (Lipinski definition) is 5. The first-order valence-corrected chi connectivity index (χ1v) is 8.53. The zero-order valence-electron chi connectivity index (χ0n) is 15.1. The molecule has 27 heavy (non-hydrogen) atoms. The van der Waals surface area contributed by atoms with Crippen LogP contribution in [-0.4, -0.2) is 45.0 Å². The van der Waals surface area contributed by atoms with E-state index in [1.165, 1.54) is 33.2 Å². The Kier molecular flexibility index (Phi) is 5.35. The van der Waals surface area contributed by atoms with Crippen LogP contribution in [0.4, 0.5) is 0 Å². The molecule has 8 nitrogen and oxygen atoms in total. The van der Waals surface area contributed by atoms with E-state index in [1.807, 2.05) is 24.3 Å². The number of nitrogens with zero attached hydrogens (tertiary/aromatic N) is 3. The molecule has 140 valence electrons. The van der Waals surface area contributed by atoms with Crippen molar-refractivity contribution < 1.29 is 14.3 Å². The number of rotatable bonds is 6. The molecule has 0 spiro atoms. The van der Waals surface area contributed by atoms with Crippen LogP contribution in [-0.2, 0) is 22.5 Å². The second-order valence-electron chi connectivity index (χ2n) is 6.17. The molecule has 1 aromatic carbocycles. The molecule has 0 aliphatic heterocycles. The lowest BCUT2D eigenvalue weighted by Crippen LogP contribution is -2.30. The normalized spacial score (nSPS) is 10.7. The van der Waals surface area contributed by atoms with Crippen molar-refractivity contribution in [2.45, 2.75) is 19.9 Å². The van der Waals surface area contributed by atoms with Crippen LogP contribution in [0.1, 0.15) is 28.4 Å². The Morgan fingerprint density at radius 1 is 1.15 bits per heavy atom. The molecule has 3 aromatic rings. The highest BCUT2D eigenvalue weighted by atomic mass is 16.5. The quantitative estimate of drug-likeness (QED) is 0.664. The first-order valence-electron chi connectivity index (χ1n) is 8.53. The zero-order chi connectivity index (χ0) is 19.4. The molecule has 1 amide bonds. The molecule has 0 unspecified atom stereocenters. The molecule has 0 aliphatic rings. The van der Waals surface area contributed by atoms with E-state index >= 15 is 0 Å². The van der Waals surface area contributed by atoms with E-state index in [0.717, 1.165) is 12.0 Å². The van der Waals surface area contributed by atoms with Gasteiger partial charge in [0.1, 0.15) is 0 Å². The number of carbonyl (C=O) groups is 2. The third-order valence-corrected chi connectivity index (χ3v) is 4.25. The summed E-state index contributed by atoms with van der Waals surface area (Å²) in [4.78, 5) is 37.4. The number of aromatic nitrogens is 3. The fourth-order valence-corrected chi connectivity index (χ4v) is 2.59. The minimum absolute atomic E-state index is 0.164. The smallest absolute Gasteiger partial charge is 0.347 e. The molecule has 2 aromatic heterocycles. The van der Waals surface area contributed by atoms with Gasteiger partial charge in [-0.1, -0.05) is 31.2 Å². The molecule has 0 atom stereocenters. The summed E-state index contributed by atoms with van der Waals surface area (Å²) in [6.07, 6.45) is 2.29. The monoisotopic (exact) mass is 368 g/mol. The van der Waals surface area contributed by atoms with Gasteiger partial charge < -0.3 is 9.64 Å². The predicted molar refractivity (Wildman–Crippen MR) is 98.4 cm³/mol. The second-order valence-corrected chi connectivity index (χ2v) is 6.17. The molecular formula is C19H20N4O4. The van der Waals surface area contributed by atoms with E-state index in [4.69, 9.17) is 4.74 Å². The fraction of sp³-hybridized carbons (Fsp3) is 0.263. The molecule has 0 aliphatic carbocycles. The Morgan fingerprint density at radius 2 is 1.85 bits per heavy atom. The number of fused-ring (bicyclic) bond motifs is 1. The topological polar surface area (TPSA) is 96.8 Å². The number of amides is 1. The second kappa shape index (κ2) is 7.86. The summed E-state index contributed by atoms with van der Waals surface area (Å²) in [5.41, 5.74) is 2.33. The van der Waals surface area contributed by atoms with Crippen molar-refractivity contribution in [1.82, 2.24) is 19.5 Å². The van der Waals surface area contributed by atoms with Gasteiger partial charge in [0.15, 0.2) is 12.3 Å². The Bertz CT molecular complexity index is 1020. The van der Waals surface area contributed by atoms with Crippen molar-refractivity contribution in [3.8, 4) is 0 Å². The van der Waals surface area contributed by atoms with Gasteiger partial charge in [-0.25, -0.2) is 19.1 Å². The van der Waals surface area contributed by atoms with Crippen LogP contribution in [0.3, 0.4) is 0 Å². The van der Waals surface area contributed by atoms with Gasteiger partial charge in [0.05, 0.1) is 5.56 Å². The molecular weight excluding hydrogens is 348 g/mol. The average molecular weight is 368 g/mol. The molecule has 0 saturated carbocycles. The van der Waals surface area contributed by atoms with Gasteiger partial charge in [0.2, 0.25) is 0 Å². The molecule has 1 N–H and O–H groups in total. The number of H-pyrrole nitrogens is 1. The van der Waals surface area contributed by atoms with E-state index in [-0.39, 0.29) is 18.1 Å². The molecule has 0 saturated heterocycles. The van der Waals surface area contributed by atoms with E-state index in [0.29, 0.717) is 12.2 Å². The average Bonchev–Trinajstić information content (AvgIpc) is 3.06. The van der Waals surface area contributed by atoms with Crippen LogP contribution >= 0.6 is 0 Å². The summed E-state index contributed by atoms with van der Waals surface area (Å²) in [7, 11) is 1.65. The van der Waals surface area contributed by atoms with Crippen molar-refractivity contribution in [2.75, 3.05) is 13.7 Å². The SMILES string of the molecule is CCc1ccc(CN(C)C(=O)COC(=O)c2ccc3n[nH]c(=O)n3c2)cc1. The maximum Gasteiger partial charge on any atom is 0.347 e. The highest BCUT2D eigenvalue weighted by molar-refractivity contribution is 5.91. The lowest BCUT2D eigenvalue weighted by molar-refractivity contribution is -0.133. The lowest BCUT2D eigenvalue weighted by Gasteiger charge is -2.17. The minimum Gasteiger partial charge on any atom is -0.452 e. The number of hydrogen-bond donors (Lipinski definition) is 1. The van der Waals surface area contributed by atoms with Crippen LogP contribution < -0.4 is 5.69 Å². The first-order chi connectivity index (χ1) is 13.0.